The van der Waals surface area contributed by atoms with Crippen LogP contribution in [0.25, 0.3) is 0 Å². The second-order valence-electron chi connectivity index (χ2n) is 4.53. The van der Waals surface area contributed by atoms with E-state index in [0.717, 1.165) is 6.07 Å². The standard InChI is InChI=1S/C15H12ClN3O5/c1-24-13-7-9(6-12(14(13)20)19(22)23)8-17-18-15(21)10-4-2-3-5-11(10)16/h2-8,20H,1H3,(H,18,21). The third-order valence-electron chi connectivity index (χ3n) is 2.99. The number of methoxy groups -OCH3 is 1. The van der Waals surface area contributed by atoms with Crippen LogP contribution in [0.2, 0.25) is 5.02 Å². The Morgan fingerprint density at radius 3 is 2.75 bits per heavy atom. The Morgan fingerprint density at radius 2 is 2.12 bits per heavy atom. The highest BCUT2D eigenvalue weighted by Gasteiger charge is 2.19. The van der Waals surface area contributed by atoms with Gasteiger partial charge in [-0.2, -0.15) is 5.10 Å². The van der Waals surface area contributed by atoms with Crippen LogP contribution in [-0.2, 0) is 0 Å². The number of amides is 1. The van der Waals surface area contributed by atoms with E-state index in [1.807, 2.05) is 0 Å². The third-order valence-corrected chi connectivity index (χ3v) is 3.32. The first-order valence-electron chi connectivity index (χ1n) is 6.57. The number of rotatable bonds is 5. The average molecular weight is 350 g/mol. The Hall–Kier alpha value is -3.13. The van der Waals surface area contributed by atoms with Gasteiger partial charge in [0.2, 0.25) is 5.75 Å². The maximum atomic E-state index is 11.9. The molecule has 124 valence electrons. The van der Waals surface area contributed by atoms with Crippen molar-refractivity contribution in [1.82, 2.24) is 5.43 Å². The van der Waals surface area contributed by atoms with Crippen LogP contribution in [0.15, 0.2) is 41.5 Å². The van der Waals surface area contributed by atoms with Crippen molar-refractivity contribution in [1.29, 1.82) is 0 Å². The summed E-state index contributed by atoms with van der Waals surface area (Å²) in [6.07, 6.45) is 1.18. The molecule has 2 aromatic carbocycles. The van der Waals surface area contributed by atoms with Crippen LogP contribution in [0.1, 0.15) is 15.9 Å². The zero-order valence-corrected chi connectivity index (χ0v) is 13.1. The number of benzene rings is 2. The molecule has 0 saturated heterocycles. The van der Waals surface area contributed by atoms with Crippen LogP contribution in [0.3, 0.4) is 0 Å². The van der Waals surface area contributed by atoms with Gasteiger partial charge in [0.25, 0.3) is 5.91 Å². The van der Waals surface area contributed by atoms with E-state index in [9.17, 15) is 20.0 Å². The molecule has 9 heteroatoms. The Labute approximate surface area is 141 Å². The van der Waals surface area contributed by atoms with Crippen molar-refractivity contribution in [2.75, 3.05) is 7.11 Å². The summed E-state index contributed by atoms with van der Waals surface area (Å²) in [5.41, 5.74) is 2.23. The summed E-state index contributed by atoms with van der Waals surface area (Å²) in [6.45, 7) is 0. The Kier molecular flexibility index (Phi) is 5.33. The summed E-state index contributed by atoms with van der Waals surface area (Å²) in [6, 6.07) is 8.87. The first kappa shape index (κ1) is 17.2. The zero-order chi connectivity index (χ0) is 17.7. The summed E-state index contributed by atoms with van der Waals surface area (Å²) in [7, 11) is 1.26. The molecule has 2 N–H and O–H groups in total. The van der Waals surface area contributed by atoms with E-state index in [-0.39, 0.29) is 21.9 Å². The van der Waals surface area contributed by atoms with Crippen LogP contribution in [0.4, 0.5) is 5.69 Å². The number of hydrogen-bond acceptors (Lipinski definition) is 6. The number of hydrazone groups is 1. The van der Waals surface area contributed by atoms with Crippen molar-refractivity contribution in [3.63, 3.8) is 0 Å². The van der Waals surface area contributed by atoms with Gasteiger partial charge in [0.15, 0.2) is 5.75 Å². The van der Waals surface area contributed by atoms with Gasteiger partial charge < -0.3 is 9.84 Å². The molecule has 1 amide bonds. The number of nitrogens with one attached hydrogen (secondary N) is 1. The number of ether oxygens (including phenoxy) is 1. The van der Waals surface area contributed by atoms with Crippen LogP contribution in [-0.4, -0.2) is 29.3 Å². The number of nitro benzene ring substituents is 1. The topological polar surface area (TPSA) is 114 Å². The van der Waals surface area contributed by atoms with E-state index < -0.39 is 22.3 Å². The van der Waals surface area contributed by atoms with E-state index >= 15 is 0 Å². The van der Waals surface area contributed by atoms with Crippen molar-refractivity contribution < 1.29 is 19.6 Å². The van der Waals surface area contributed by atoms with Crippen LogP contribution >= 0.6 is 11.6 Å². The Balaban J connectivity index is 2.20. The smallest absolute Gasteiger partial charge is 0.315 e. The Morgan fingerprint density at radius 1 is 1.42 bits per heavy atom. The first-order chi connectivity index (χ1) is 11.4. The van der Waals surface area contributed by atoms with Crippen LogP contribution in [0.5, 0.6) is 11.5 Å². The fraction of sp³-hybridized carbons (Fsp3) is 0.0667. The predicted octanol–water partition coefficient (Wildman–Crippen LogP) is 2.73. The molecule has 0 fully saturated rings. The third kappa shape index (κ3) is 3.79. The SMILES string of the molecule is COc1cc(C=NNC(=O)c2ccccc2Cl)cc([N+](=O)[O-])c1O. The number of nitro groups is 1. The van der Waals surface area contributed by atoms with E-state index in [0.29, 0.717) is 0 Å². The number of halogens is 1. The summed E-state index contributed by atoms with van der Waals surface area (Å²) in [4.78, 5) is 22.1. The van der Waals surface area contributed by atoms with E-state index in [1.54, 1.807) is 18.2 Å². The molecular weight excluding hydrogens is 338 g/mol. The molecule has 0 atom stereocenters. The van der Waals surface area contributed by atoms with Crippen LogP contribution < -0.4 is 10.2 Å². The fourth-order valence-electron chi connectivity index (χ4n) is 1.85. The molecule has 2 rings (SSSR count). The number of phenolic OH excluding ortho intramolecular Hbond substituents is 1. The zero-order valence-electron chi connectivity index (χ0n) is 12.4. The monoisotopic (exact) mass is 349 g/mol. The number of aromatic hydroxyl groups is 1. The van der Waals surface area contributed by atoms with E-state index in [4.69, 9.17) is 16.3 Å². The molecule has 8 nitrogen and oxygen atoms in total. The molecule has 0 radical (unpaired) electrons. The van der Waals surface area contributed by atoms with Gasteiger partial charge in [0.05, 0.1) is 28.8 Å². The van der Waals surface area contributed by atoms with Crippen LogP contribution in [0, 0.1) is 10.1 Å². The minimum atomic E-state index is -0.752. The van der Waals surface area contributed by atoms with Gasteiger partial charge in [-0.3, -0.25) is 14.9 Å². The van der Waals surface area contributed by atoms with Gasteiger partial charge in [-0.15, -0.1) is 0 Å². The lowest BCUT2D eigenvalue weighted by atomic mass is 10.2. The molecule has 0 saturated carbocycles. The molecule has 0 aromatic heterocycles. The van der Waals surface area contributed by atoms with Crippen molar-refractivity contribution in [3.8, 4) is 11.5 Å². The minimum Gasteiger partial charge on any atom is -0.500 e. The largest absolute Gasteiger partial charge is 0.500 e. The first-order valence-corrected chi connectivity index (χ1v) is 6.95. The second kappa shape index (κ2) is 7.42. The Bertz CT molecular complexity index is 823. The maximum absolute atomic E-state index is 11.9. The van der Waals surface area contributed by atoms with Crippen molar-refractivity contribution in [2.45, 2.75) is 0 Å². The molecule has 0 aliphatic rings. The van der Waals surface area contributed by atoms with E-state index in [2.05, 4.69) is 10.5 Å². The summed E-state index contributed by atoms with van der Waals surface area (Å²) >= 11 is 5.90. The second-order valence-corrected chi connectivity index (χ2v) is 4.93. The summed E-state index contributed by atoms with van der Waals surface area (Å²) in [5, 5.41) is 24.6. The normalized spacial score (nSPS) is 10.6. The van der Waals surface area contributed by atoms with E-state index in [1.165, 1.54) is 25.5 Å². The van der Waals surface area contributed by atoms with Gasteiger partial charge in [-0.1, -0.05) is 23.7 Å². The van der Waals surface area contributed by atoms with Gasteiger partial charge in [0.1, 0.15) is 0 Å². The van der Waals surface area contributed by atoms with Crippen molar-refractivity contribution in [2.24, 2.45) is 5.10 Å². The highest BCUT2D eigenvalue weighted by Crippen LogP contribution is 2.36. The number of carbonyl (C=O) groups excluding carboxylic acids is 1. The molecule has 24 heavy (non-hydrogen) atoms. The molecule has 0 unspecified atom stereocenters. The number of hydrogen-bond donors (Lipinski definition) is 2. The lowest BCUT2D eigenvalue weighted by molar-refractivity contribution is -0.386. The predicted molar refractivity (Wildman–Crippen MR) is 87.8 cm³/mol. The van der Waals surface area contributed by atoms with Gasteiger partial charge in [-0.25, -0.2) is 5.43 Å². The molecule has 2 aromatic rings. The van der Waals surface area contributed by atoms with Gasteiger partial charge in [0, 0.05) is 11.6 Å². The lowest BCUT2D eigenvalue weighted by Gasteiger charge is -2.05. The molecular formula is C15H12ClN3O5. The fourth-order valence-corrected chi connectivity index (χ4v) is 2.08. The van der Waals surface area contributed by atoms with Crippen molar-refractivity contribution in [3.05, 3.63) is 62.7 Å². The van der Waals surface area contributed by atoms with Gasteiger partial charge in [-0.05, 0) is 18.2 Å². The highest BCUT2D eigenvalue weighted by atomic mass is 35.5. The summed E-state index contributed by atoms with van der Waals surface area (Å²) in [5.74, 6) is -1.19. The molecule has 0 aliphatic heterocycles. The van der Waals surface area contributed by atoms with Crippen molar-refractivity contribution >= 4 is 29.4 Å². The average Bonchev–Trinajstić information content (AvgIpc) is 2.56. The molecule has 0 bridgehead atoms. The highest BCUT2D eigenvalue weighted by molar-refractivity contribution is 6.33. The quantitative estimate of drug-likeness (QED) is 0.489. The lowest BCUT2D eigenvalue weighted by Crippen LogP contribution is -2.17. The minimum absolute atomic E-state index is 0.0805. The number of nitrogens with zero attached hydrogens (tertiary/aromatic N) is 2. The maximum Gasteiger partial charge on any atom is 0.315 e. The number of phenols is 1. The molecule has 0 spiro atoms. The molecule has 0 aliphatic carbocycles. The number of carbonyl (C=O) groups is 1. The summed E-state index contributed by atoms with van der Waals surface area (Å²) < 4.78 is 4.87. The molecule has 0 heterocycles. The van der Waals surface area contributed by atoms with Gasteiger partial charge >= 0.3 is 5.69 Å².